The van der Waals surface area contributed by atoms with E-state index in [2.05, 4.69) is 4.57 Å². The summed E-state index contributed by atoms with van der Waals surface area (Å²) in [5.41, 5.74) is 2.82. The second kappa shape index (κ2) is 5.62. The van der Waals surface area contributed by atoms with Crippen molar-refractivity contribution in [2.24, 2.45) is 0 Å². The Balaban J connectivity index is 1.93. The number of carbonyl (C=O) groups is 1. The number of hydrogen-bond acceptors (Lipinski definition) is 2. The fourth-order valence-electron chi connectivity index (χ4n) is 2.37. The minimum absolute atomic E-state index is 0.317. The van der Waals surface area contributed by atoms with Gasteiger partial charge in [-0.15, -0.1) is 0 Å². The first-order chi connectivity index (χ1) is 10.2. The molecule has 0 N–H and O–H groups in total. The van der Waals surface area contributed by atoms with Gasteiger partial charge in [0.1, 0.15) is 0 Å². The molecular formula is C17H14ClNO2. The number of hydrogen-bond donors (Lipinski definition) is 0. The molecular weight excluding hydrogens is 286 g/mol. The van der Waals surface area contributed by atoms with E-state index in [0.29, 0.717) is 5.56 Å². The summed E-state index contributed by atoms with van der Waals surface area (Å²) in [6.07, 6.45) is 2.01. The molecule has 0 atom stereocenters. The van der Waals surface area contributed by atoms with Crippen LogP contribution in [0.4, 0.5) is 0 Å². The van der Waals surface area contributed by atoms with Gasteiger partial charge in [0, 0.05) is 28.7 Å². The summed E-state index contributed by atoms with van der Waals surface area (Å²) in [5.74, 6) is -0.317. The summed E-state index contributed by atoms with van der Waals surface area (Å²) in [6.45, 7) is 0.762. The second-order valence-corrected chi connectivity index (χ2v) is 5.27. The van der Waals surface area contributed by atoms with Gasteiger partial charge >= 0.3 is 5.97 Å². The number of ether oxygens (including phenoxy) is 1. The zero-order valence-electron chi connectivity index (χ0n) is 11.5. The van der Waals surface area contributed by atoms with Gasteiger partial charge in [0.2, 0.25) is 0 Å². The largest absolute Gasteiger partial charge is 0.465 e. The molecule has 0 aliphatic carbocycles. The molecule has 3 nitrogen and oxygen atoms in total. The third kappa shape index (κ3) is 2.78. The van der Waals surface area contributed by atoms with Crippen molar-refractivity contribution in [2.45, 2.75) is 6.54 Å². The Morgan fingerprint density at radius 3 is 2.62 bits per heavy atom. The number of benzene rings is 2. The summed E-state index contributed by atoms with van der Waals surface area (Å²) in [6, 6.07) is 15.4. The first-order valence-corrected chi connectivity index (χ1v) is 6.97. The van der Waals surface area contributed by atoms with Gasteiger partial charge in [0.25, 0.3) is 0 Å². The van der Waals surface area contributed by atoms with Crippen molar-refractivity contribution in [1.29, 1.82) is 0 Å². The number of aromatic nitrogens is 1. The molecule has 0 unspecified atom stereocenters. The van der Waals surface area contributed by atoms with E-state index < -0.39 is 0 Å². The van der Waals surface area contributed by atoms with Gasteiger partial charge in [-0.2, -0.15) is 0 Å². The predicted octanol–water partition coefficient (Wildman–Crippen LogP) is 4.13. The summed E-state index contributed by atoms with van der Waals surface area (Å²) in [4.78, 5) is 11.5. The van der Waals surface area contributed by atoms with Gasteiger partial charge in [0.05, 0.1) is 12.7 Å². The summed E-state index contributed by atoms with van der Waals surface area (Å²) < 4.78 is 6.88. The maximum absolute atomic E-state index is 11.5. The van der Waals surface area contributed by atoms with Crippen molar-refractivity contribution in [3.63, 3.8) is 0 Å². The van der Waals surface area contributed by atoms with Crippen LogP contribution in [0.3, 0.4) is 0 Å². The van der Waals surface area contributed by atoms with Crippen molar-refractivity contribution < 1.29 is 9.53 Å². The summed E-state index contributed by atoms with van der Waals surface area (Å²) in [7, 11) is 1.39. The van der Waals surface area contributed by atoms with Gasteiger partial charge in [0.15, 0.2) is 0 Å². The number of carbonyl (C=O) groups excluding carboxylic acids is 1. The highest BCUT2D eigenvalue weighted by Crippen LogP contribution is 2.20. The Morgan fingerprint density at radius 2 is 1.90 bits per heavy atom. The maximum Gasteiger partial charge on any atom is 0.337 e. The summed E-state index contributed by atoms with van der Waals surface area (Å²) in [5, 5.41) is 1.76. The minimum atomic E-state index is -0.317. The van der Waals surface area contributed by atoms with E-state index in [1.807, 2.05) is 48.7 Å². The van der Waals surface area contributed by atoms with E-state index in [1.165, 1.54) is 12.7 Å². The zero-order valence-corrected chi connectivity index (χ0v) is 12.3. The quantitative estimate of drug-likeness (QED) is 0.681. The molecule has 0 saturated heterocycles. The highest BCUT2D eigenvalue weighted by Gasteiger charge is 2.08. The lowest BCUT2D eigenvalue weighted by Gasteiger charge is -2.06. The van der Waals surface area contributed by atoms with Crippen molar-refractivity contribution in [2.75, 3.05) is 7.11 Å². The van der Waals surface area contributed by atoms with Crippen molar-refractivity contribution in [3.8, 4) is 0 Å². The van der Waals surface area contributed by atoms with Crippen LogP contribution >= 0.6 is 11.6 Å². The van der Waals surface area contributed by atoms with Crippen molar-refractivity contribution in [1.82, 2.24) is 4.57 Å². The molecule has 0 spiro atoms. The molecule has 1 aromatic heterocycles. The van der Waals surface area contributed by atoms with E-state index in [1.54, 1.807) is 6.07 Å². The van der Waals surface area contributed by atoms with E-state index in [0.717, 1.165) is 22.5 Å². The van der Waals surface area contributed by atoms with E-state index in [-0.39, 0.29) is 5.97 Å². The standard InChI is InChI=1S/C17H14ClNO2/c1-21-17(20)14-4-7-16-13(10-14)8-9-19(16)11-12-2-5-15(18)6-3-12/h2-10H,11H2,1H3. The normalized spacial score (nSPS) is 10.8. The smallest absolute Gasteiger partial charge is 0.337 e. The Bertz CT molecular complexity index is 790. The Kier molecular flexibility index (Phi) is 3.67. The minimum Gasteiger partial charge on any atom is -0.465 e. The first kappa shape index (κ1) is 13.7. The third-order valence-corrected chi connectivity index (χ3v) is 3.71. The zero-order chi connectivity index (χ0) is 14.8. The molecule has 0 aliphatic heterocycles. The lowest BCUT2D eigenvalue weighted by Crippen LogP contribution is -2.01. The molecule has 0 fully saturated rings. The lowest BCUT2D eigenvalue weighted by atomic mass is 10.1. The van der Waals surface area contributed by atoms with Crippen LogP contribution in [0.25, 0.3) is 10.9 Å². The molecule has 3 rings (SSSR count). The topological polar surface area (TPSA) is 31.2 Å². The molecule has 3 aromatic rings. The number of esters is 1. The van der Waals surface area contributed by atoms with Crippen LogP contribution < -0.4 is 0 Å². The SMILES string of the molecule is COC(=O)c1ccc2c(ccn2Cc2ccc(Cl)cc2)c1. The Labute approximate surface area is 127 Å². The lowest BCUT2D eigenvalue weighted by molar-refractivity contribution is 0.0601. The molecule has 1 heterocycles. The van der Waals surface area contributed by atoms with Crippen LogP contribution in [0.5, 0.6) is 0 Å². The first-order valence-electron chi connectivity index (χ1n) is 6.59. The monoisotopic (exact) mass is 299 g/mol. The van der Waals surface area contributed by atoms with E-state index >= 15 is 0 Å². The molecule has 21 heavy (non-hydrogen) atoms. The van der Waals surface area contributed by atoms with Crippen LogP contribution in [-0.4, -0.2) is 17.6 Å². The van der Waals surface area contributed by atoms with E-state index in [9.17, 15) is 4.79 Å². The van der Waals surface area contributed by atoms with Gasteiger partial charge in [-0.25, -0.2) is 4.79 Å². The van der Waals surface area contributed by atoms with Gasteiger partial charge in [-0.3, -0.25) is 0 Å². The Morgan fingerprint density at radius 1 is 1.14 bits per heavy atom. The fourth-order valence-corrected chi connectivity index (χ4v) is 2.50. The van der Waals surface area contributed by atoms with Crippen LogP contribution in [0.2, 0.25) is 5.02 Å². The van der Waals surface area contributed by atoms with Crippen LogP contribution in [0.15, 0.2) is 54.7 Å². The highest BCUT2D eigenvalue weighted by atomic mass is 35.5. The highest BCUT2D eigenvalue weighted by molar-refractivity contribution is 6.30. The molecule has 0 radical (unpaired) electrons. The number of halogens is 1. The molecule has 4 heteroatoms. The van der Waals surface area contributed by atoms with Crippen LogP contribution in [0, 0.1) is 0 Å². The Hall–Kier alpha value is -2.26. The molecule has 106 valence electrons. The second-order valence-electron chi connectivity index (χ2n) is 4.84. The van der Waals surface area contributed by atoms with E-state index in [4.69, 9.17) is 16.3 Å². The average Bonchev–Trinajstić information content (AvgIpc) is 2.91. The molecule has 0 amide bonds. The molecule has 2 aromatic carbocycles. The van der Waals surface area contributed by atoms with Crippen LogP contribution in [0.1, 0.15) is 15.9 Å². The third-order valence-electron chi connectivity index (χ3n) is 3.46. The van der Waals surface area contributed by atoms with Gasteiger partial charge in [-0.05, 0) is 42.0 Å². The van der Waals surface area contributed by atoms with Crippen molar-refractivity contribution >= 4 is 28.5 Å². The number of methoxy groups -OCH3 is 1. The fraction of sp³-hybridized carbons (Fsp3) is 0.118. The maximum atomic E-state index is 11.5. The molecule has 0 bridgehead atoms. The number of fused-ring (bicyclic) bond motifs is 1. The average molecular weight is 300 g/mol. The molecule has 0 saturated carbocycles. The molecule has 0 aliphatic rings. The summed E-state index contributed by atoms with van der Waals surface area (Å²) >= 11 is 5.90. The number of nitrogens with zero attached hydrogens (tertiary/aromatic N) is 1. The van der Waals surface area contributed by atoms with Gasteiger partial charge < -0.3 is 9.30 Å². The predicted molar refractivity (Wildman–Crippen MR) is 83.8 cm³/mol. The van der Waals surface area contributed by atoms with Gasteiger partial charge in [-0.1, -0.05) is 23.7 Å². The number of rotatable bonds is 3. The van der Waals surface area contributed by atoms with Crippen LogP contribution in [-0.2, 0) is 11.3 Å². The van der Waals surface area contributed by atoms with Crippen molar-refractivity contribution in [3.05, 3.63) is 70.9 Å².